The van der Waals surface area contributed by atoms with Crippen LogP contribution in [0, 0.1) is 18.3 Å². The van der Waals surface area contributed by atoms with Crippen molar-refractivity contribution < 1.29 is 14.6 Å². The molecule has 1 aliphatic heterocycles. The fourth-order valence-electron chi connectivity index (χ4n) is 5.39. The third kappa shape index (κ3) is 3.13. The number of aliphatic hydroxyl groups is 1. The topological polar surface area (TPSA) is 49.8 Å². The van der Waals surface area contributed by atoms with Gasteiger partial charge in [0, 0.05) is 24.4 Å². The predicted octanol–water partition coefficient (Wildman–Crippen LogP) is 3.65. The molecule has 0 radical (unpaired) electrons. The third-order valence-electron chi connectivity index (χ3n) is 7.02. The molecule has 1 aromatic carbocycles. The van der Waals surface area contributed by atoms with E-state index in [2.05, 4.69) is 25.1 Å². The molecule has 0 aromatic heterocycles. The van der Waals surface area contributed by atoms with Crippen LogP contribution < -0.4 is 4.74 Å². The average Bonchev–Trinajstić information content (AvgIpc) is 2.57. The summed E-state index contributed by atoms with van der Waals surface area (Å²) in [7, 11) is 1.72. The van der Waals surface area contributed by atoms with Crippen molar-refractivity contribution >= 4 is 5.91 Å². The molecule has 4 rings (SSSR count). The van der Waals surface area contributed by atoms with Gasteiger partial charge in [0.25, 0.3) is 0 Å². The van der Waals surface area contributed by atoms with Crippen molar-refractivity contribution in [1.82, 2.24) is 4.90 Å². The van der Waals surface area contributed by atoms with Gasteiger partial charge in [-0.1, -0.05) is 12.1 Å². The summed E-state index contributed by atoms with van der Waals surface area (Å²) in [5, 5.41) is 9.86. The number of hydrogen-bond acceptors (Lipinski definition) is 3. The highest BCUT2D eigenvalue weighted by Gasteiger charge is 2.51. The summed E-state index contributed by atoms with van der Waals surface area (Å²) in [6.07, 6.45) is 6.13. The normalized spacial score (nSPS) is 30.6. The second-order valence-electron chi connectivity index (χ2n) is 9.30. The summed E-state index contributed by atoms with van der Waals surface area (Å²) in [5.41, 5.74) is 2.39. The van der Waals surface area contributed by atoms with Gasteiger partial charge in [-0.05, 0) is 75.5 Å². The van der Waals surface area contributed by atoms with Crippen LogP contribution in [-0.2, 0) is 4.79 Å². The van der Waals surface area contributed by atoms with Gasteiger partial charge in [-0.2, -0.15) is 0 Å². The van der Waals surface area contributed by atoms with Crippen LogP contribution in [0.3, 0.4) is 0 Å². The van der Waals surface area contributed by atoms with Gasteiger partial charge in [0.15, 0.2) is 0 Å². The second kappa shape index (κ2) is 6.26. The Kier molecular flexibility index (Phi) is 4.30. The zero-order valence-corrected chi connectivity index (χ0v) is 16.3. The number of aryl methyl sites for hydroxylation is 1. The number of hydrogen-bond donors (Lipinski definition) is 1. The molecule has 1 spiro atoms. The van der Waals surface area contributed by atoms with E-state index in [-0.39, 0.29) is 11.8 Å². The molecule has 4 heteroatoms. The molecular weight excluding hydrogens is 326 g/mol. The molecule has 0 unspecified atom stereocenters. The largest absolute Gasteiger partial charge is 0.496 e. The Hall–Kier alpha value is -1.55. The van der Waals surface area contributed by atoms with Gasteiger partial charge in [-0.15, -0.1) is 0 Å². The smallest absolute Gasteiger partial charge is 0.225 e. The number of carbonyl (C=O) groups excluding carboxylic acids is 1. The number of amides is 1. The van der Waals surface area contributed by atoms with Crippen molar-refractivity contribution in [3.05, 3.63) is 29.3 Å². The maximum absolute atomic E-state index is 12.5. The molecule has 3 aliphatic rings. The lowest BCUT2D eigenvalue weighted by atomic mass is 9.63. The van der Waals surface area contributed by atoms with E-state index in [9.17, 15) is 9.90 Å². The molecule has 142 valence electrons. The van der Waals surface area contributed by atoms with E-state index in [1.165, 1.54) is 36.8 Å². The number of carbonyl (C=O) groups is 1. The van der Waals surface area contributed by atoms with Crippen LogP contribution in [0.1, 0.15) is 62.5 Å². The standard InChI is InChI=1S/C22H31NO3/c1-15-10-17(4-5-19(15)26-3)16-6-8-22(9-7-16)13-23(14-22)20(24)18-11-21(2,25)12-18/h4-5,10,16,18,25H,6-9,11-14H2,1-3H3. The van der Waals surface area contributed by atoms with E-state index < -0.39 is 5.60 Å². The first-order valence-corrected chi connectivity index (χ1v) is 9.97. The summed E-state index contributed by atoms with van der Waals surface area (Å²) >= 11 is 0. The molecule has 1 saturated heterocycles. The predicted molar refractivity (Wildman–Crippen MR) is 101 cm³/mol. The van der Waals surface area contributed by atoms with Crippen molar-refractivity contribution in [3.63, 3.8) is 0 Å². The van der Waals surface area contributed by atoms with Gasteiger partial charge in [0.2, 0.25) is 5.91 Å². The first kappa shape index (κ1) is 17.8. The highest BCUT2D eigenvalue weighted by atomic mass is 16.5. The number of rotatable bonds is 3. The van der Waals surface area contributed by atoms with E-state index in [0.717, 1.165) is 18.8 Å². The summed E-state index contributed by atoms with van der Waals surface area (Å²) < 4.78 is 5.37. The van der Waals surface area contributed by atoms with Crippen LogP contribution in [0.4, 0.5) is 0 Å². The van der Waals surface area contributed by atoms with Crippen LogP contribution in [0.15, 0.2) is 18.2 Å². The molecule has 0 bridgehead atoms. The lowest BCUT2D eigenvalue weighted by Gasteiger charge is -2.55. The van der Waals surface area contributed by atoms with Gasteiger partial charge in [0.05, 0.1) is 12.7 Å². The quantitative estimate of drug-likeness (QED) is 0.898. The molecular formula is C22H31NO3. The van der Waals surface area contributed by atoms with E-state index in [1.807, 2.05) is 11.8 Å². The number of likely N-dealkylation sites (tertiary alicyclic amines) is 1. The zero-order chi connectivity index (χ0) is 18.5. The first-order chi connectivity index (χ1) is 12.3. The SMILES string of the molecule is COc1ccc(C2CCC3(CC2)CN(C(=O)C2CC(C)(O)C2)C3)cc1C. The first-order valence-electron chi connectivity index (χ1n) is 9.97. The maximum atomic E-state index is 12.5. The van der Waals surface area contributed by atoms with Crippen LogP contribution in [0.2, 0.25) is 0 Å². The third-order valence-corrected chi connectivity index (χ3v) is 7.02. The van der Waals surface area contributed by atoms with Crippen LogP contribution in [0.25, 0.3) is 0 Å². The Balaban J connectivity index is 1.30. The number of benzene rings is 1. The van der Waals surface area contributed by atoms with Crippen molar-refractivity contribution in [2.24, 2.45) is 11.3 Å². The fourth-order valence-corrected chi connectivity index (χ4v) is 5.39. The summed E-state index contributed by atoms with van der Waals surface area (Å²) in [6.45, 7) is 5.80. The fraction of sp³-hybridized carbons (Fsp3) is 0.682. The number of methoxy groups -OCH3 is 1. The van der Waals surface area contributed by atoms with E-state index in [1.54, 1.807) is 7.11 Å². The van der Waals surface area contributed by atoms with E-state index >= 15 is 0 Å². The van der Waals surface area contributed by atoms with Crippen molar-refractivity contribution in [3.8, 4) is 5.75 Å². The van der Waals surface area contributed by atoms with Crippen LogP contribution in [-0.4, -0.2) is 41.7 Å². The number of nitrogens with zero attached hydrogens (tertiary/aromatic N) is 1. The molecule has 1 aromatic rings. The molecule has 1 N–H and O–H groups in total. The van der Waals surface area contributed by atoms with Crippen molar-refractivity contribution in [2.75, 3.05) is 20.2 Å². The number of ether oxygens (including phenoxy) is 1. The molecule has 1 heterocycles. The van der Waals surface area contributed by atoms with Gasteiger partial charge in [-0.3, -0.25) is 4.79 Å². The summed E-state index contributed by atoms with van der Waals surface area (Å²) in [4.78, 5) is 14.5. The Labute approximate surface area is 156 Å². The lowest BCUT2D eigenvalue weighted by molar-refractivity contribution is -0.163. The maximum Gasteiger partial charge on any atom is 0.225 e. The van der Waals surface area contributed by atoms with Crippen molar-refractivity contribution in [1.29, 1.82) is 0 Å². The lowest BCUT2D eigenvalue weighted by Crippen LogP contribution is -2.62. The zero-order valence-electron chi connectivity index (χ0n) is 16.3. The minimum absolute atomic E-state index is 0.0564. The molecule has 3 fully saturated rings. The Morgan fingerprint density at radius 1 is 1.23 bits per heavy atom. The summed E-state index contributed by atoms with van der Waals surface area (Å²) in [5.74, 6) is 1.93. The van der Waals surface area contributed by atoms with Crippen molar-refractivity contribution in [2.45, 2.75) is 63.9 Å². The average molecular weight is 357 g/mol. The molecule has 2 aliphatic carbocycles. The second-order valence-corrected chi connectivity index (χ2v) is 9.30. The van der Waals surface area contributed by atoms with E-state index in [4.69, 9.17) is 4.74 Å². The Bertz CT molecular complexity index is 687. The van der Waals surface area contributed by atoms with E-state index in [0.29, 0.717) is 24.2 Å². The molecule has 0 atom stereocenters. The Morgan fingerprint density at radius 3 is 2.42 bits per heavy atom. The highest BCUT2D eigenvalue weighted by Crippen LogP contribution is 2.50. The minimum atomic E-state index is -0.614. The van der Waals surface area contributed by atoms with Gasteiger partial charge in [0.1, 0.15) is 5.75 Å². The molecule has 1 amide bonds. The van der Waals surface area contributed by atoms with Gasteiger partial charge in [-0.25, -0.2) is 0 Å². The molecule has 2 saturated carbocycles. The molecule has 4 nitrogen and oxygen atoms in total. The Morgan fingerprint density at radius 2 is 1.88 bits per heavy atom. The van der Waals surface area contributed by atoms with Crippen LogP contribution in [0.5, 0.6) is 5.75 Å². The molecule has 26 heavy (non-hydrogen) atoms. The van der Waals surface area contributed by atoms with Gasteiger partial charge >= 0.3 is 0 Å². The minimum Gasteiger partial charge on any atom is -0.496 e. The van der Waals surface area contributed by atoms with Crippen LogP contribution >= 0.6 is 0 Å². The summed E-state index contributed by atoms with van der Waals surface area (Å²) in [6, 6.07) is 6.58. The van der Waals surface area contributed by atoms with Gasteiger partial charge < -0.3 is 14.7 Å². The highest BCUT2D eigenvalue weighted by molar-refractivity contribution is 5.81. The monoisotopic (exact) mass is 357 g/mol.